The van der Waals surface area contributed by atoms with Gasteiger partial charge in [-0.15, -0.1) is 0 Å². The molecule has 0 spiro atoms. The molecule has 3 aromatic rings. The number of hydrogen-bond acceptors (Lipinski definition) is 5. The van der Waals surface area contributed by atoms with Crippen LogP contribution in [0, 0.1) is 0 Å². The smallest absolute Gasteiger partial charge is 0.399 e. The normalized spacial score (nSPS) is 17.9. The summed E-state index contributed by atoms with van der Waals surface area (Å²) in [5.41, 5.74) is 2.84. The van der Waals surface area contributed by atoms with Crippen molar-refractivity contribution >= 4 is 31.7 Å². The zero-order chi connectivity index (χ0) is 23.1. The van der Waals surface area contributed by atoms with Gasteiger partial charge in [0.15, 0.2) is 5.65 Å². The van der Waals surface area contributed by atoms with Gasteiger partial charge >= 0.3 is 7.12 Å². The van der Waals surface area contributed by atoms with Gasteiger partial charge in [-0.3, -0.25) is 0 Å². The van der Waals surface area contributed by atoms with Gasteiger partial charge in [-0.05, 0) is 39.8 Å². The van der Waals surface area contributed by atoms with Gasteiger partial charge in [0.2, 0.25) is 0 Å². The molecule has 0 radical (unpaired) electrons. The van der Waals surface area contributed by atoms with E-state index < -0.39 is 26.4 Å². The first kappa shape index (κ1) is 23.2. The number of benzene rings is 1. The molecule has 0 unspecified atom stereocenters. The van der Waals surface area contributed by atoms with E-state index in [0.717, 1.165) is 40.4 Å². The molecular weight excluding hydrogens is 417 g/mol. The molecule has 32 heavy (non-hydrogen) atoms. The third-order valence-electron chi connectivity index (χ3n) is 6.39. The van der Waals surface area contributed by atoms with Gasteiger partial charge in [-0.25, -0.2) is 9.67 Å². The predicted molar refractivity (Wildman–Crippen MR) is 133 cm³/mol. The molecule has 1 saturated heterocycles. The van der Waals surface area contributed by atoms with Crippen molar-refractivity contribution in [2.45, 2.75) is 71.3 Å². The lowest BCUT2D eigenvalue weighted by atomic mass is 9.80. The molecule has 2 aromatic heterocycles. The number of pyridine rings is 1. The van der Waals surface area contributed by atoms with Crippen molar-refractivity contribution in [2.75, 3.05) is 6.61 Å². The highest BCUT2D eigenvalue weighted by Crippen LogP contribution is 2.37. The quantitative estimate of drug-likeness (QED) is 0.385. The minimum absolute atomic E-state index is 0.386. The maximum atomic E-state index is 6.25. The lowest BCUT2D eigenvalue weighted by Crippen LogP contribution is -2.41. The Morgan fingerprint density at radius 2 is 1.69 bits per heavy atom. The van der Waals surface area contributed by atoms with Crippen LogP contribution in [0.15, 0.2) is 42.6 Å². The molecule has 0 N–H and O–H groups in total. The molecule has 1 aromatic carbocycles. The Hall–Kier alpha value is -2.00. The van der Waals surface area contributed by atoms with Crippen molar-refractivity contribution in [2.24, 2.45) is 0 Å². The third kappa shape index (κ3) is 4.69. The summed E-state index contributed by atoms with van der Waals surface area (Å²) in [5.74, 6) is 0. The Balaban J connectivity index is 1.68. The summed E-state index contributed by atoms with van der Waals surface area (Å²) in [4.78, 5) is 4.76. The summed E-state index contributed by atoms with van der Waals surface area (Å²) in [7, 11) is -1.60. The topological polar surface area (TPSA) is 58.4 Å². The molecule has 1 aliphatic heterocycles. The van der Waals surface area contributed by atoms with Crippen LogP contribution in [0.1, 0.15) is 27.7 Å². The van der Waals surface area contributed by atoms with E-state index in [0.29, 0.717) is 6.73 Å². The number of hydrogen-bond donors (Lipinski definition) is 0. The SMILES string of the molecule is CC1(C)OB(c2cnc3c(c2)c(-c2ccccc2)nn3COCC[Si](C)(C)C)OC1(C)C. The van der Waals surface area contributed by atoms with Crippen molar-refractivity contribution in [1.82, 2.24) is 14.8 Å². The van der Waals surface area contributed by atoms with Crippen molar-refractivity contribution < 1.29 is 14.0 Å². The average Bonchev–Trinajstić information content (AvgIpc) is 3.18. The molecule has 0 bridgehead atoms. The molecule has 1 aliphatic rings. The minimum atomic E-state index is -1.14. The summed E-state index contributed by atoms with van der Waals surface area (Å²) < 4.78 is 20.3. The molecule has 6 nitrogen and oxygen atoms in total. The minimum Gasteiger partial charge on any atom is -0.399 e. The number of rotatable bonds is 7. The molecular formula is C24H34BN3O3Si. The highest BCUT2D eigenvalue weighted by Gasteiger charge is 2.51. The number of aromatic nitrogens is 3. The Bertz CT molecular complexity index is 1080. The molecule has 0 amide bonds. The predicted octanol–water partition coefficient (Wildman–Crippen LogP) is 4.71. The van der Waals surface area contributed by atoms with Gasteiger partial charge in [0.1, 0.15) is 12.4 Å². The van der Waals surface area contributed by atoms with Crippen molar-refractivity contribution in [3.8, 4) is 11.3 Å². The highest BCUT2D eigenvalue weighted by molar-refractivity contribution is 6.76. The monoisotopic (exact) mass is 451 g/mol. The Kier molecular flexibility index (Phi) is 6.09. The summed E-state index contributed by atoms with van der Waals surface area (Å²) in [5, 5.41) is 5.85. The molecule has 3 heterocycles. The molecule has 170 valence electrons. The van der Waals surface area contributed by atoms with E-state index in [1.54, 1.807) is 0 Å². The van der Waals surface area contributed by atoms with Gasteiger partial charge in [-0.2, -0.15) is 5.10 Å². The Morgan fingerprint density at radius 1 is 1.03 bits per heavy atom. The lowest BCUT2D eigenvalue weighted by Gasteiger charge is -2.32. The van der Waals surface area contributed by atoms with Crippen LogP contribution in [0.2, 0.25) is 25.7 Å². The molecule has 8 heteroatoms. The second-order valence-electron chi connectivity index (χ2n) is 10.8. The fraction of sp³-hybridized carbons (Fsp3) is 0.500. The molecule has 0 aliphatic carbocycles. The van der Waals surface area contributed by atoms with Crippen LogP contribution in [0.5, 0.6) is 0 Å². The van der Waals surface area contributed by atoms with E-state index in [4.69, 9.17) is 24.1 Å². The van der Waals surface area contributed by atoms with Gasteiger partial charge < -0.3 is 14.0 Å². The van der Waals surface area contributed by atoms with Gasteiger partial charge in [0.25, 0.3) is 0 Å². The Morgan fingerprint density at radius 3 is 2.31 bits per heavy atom. The van der Waals surface area contributed by atoms with E-state index in [-0.39, 0.29) is 0 Å². The van der Waals surface area contributed by atoms with Crippen molar-refractivity contribution in [3.05, 3.63) is 42.6 Å². The number of fused-ring (bicyclic) bond motifs is 1. The second kappa shape index (κ2) is 8.41. The maximum absolute atomic E-state index is 6.25. The van der Waals surface area contributed by atoms with Crippen LogP contribution in [0.3, 0.4) is 0 Å². The van der Waals surface area contributed by atoms with Gasteiger partial charge in [-0.1, -0.05) is 50.0 Å². The summed E-state index contributed by atoms with van der Waals surface area (Å²) in [6.07, 6.45) is 1.83. The largest absolute Gasteiger partial charge is 0.496 e. The second-order valence-corrected chi connectivity index (χ2v) is 16.4. The zero-order valence-corrected chi connectivity index (χ0v) is 21.3. The van der Waals surface area contributed by atoms with Crippen LogP contribution in [0.25, 0.3) is 22.3 Å². The van der Waals surface area contributed by atoms with E-state index in [1.165, 1.54) is 0 Å². The summed E-state index contributed by atoms with van der Waals surface area (Å²) in [6.45, 7) is 16.4. The first-order valence-electron chi connectivity index (χ1n) is 11.3. The lowest BCUT2D eigenvalue weighted by molar-refractivity contribution is 0.00578. The van der Waals surface area contributed by atoms with Crippen molar-refractivity contribution in [1.29, 1.82) is 0 Å². The van der Waals surface area contributed by atoms with E-state index in [9.17, 15) is 0 Å². The summed E-state index contributed by atoms with van der Waals surface area (Å²) in [6, 6.07) is 13.4. The van der Waals surface area contributed by atoms with Crippen LogP contribution < -0.4 is 5.46 Å². The van der Waals surface area contributed by atoms with E-state index in [2.05, 4.69) is 65.5 Å². The standard InChI is InChI=1S/C24H34BN3O3Si/c1-23(2)24(3,4)31-25(30-23)19-15-20-21(18-11-9-8-10-12-18)27-28(22(20)26-16-19)17-29-13-14-32(5,6)7/h8-12,15-16H,13-14,17H2,1-7H3. The summed E-state index contributed by atoms with van der Waals surface area (Å²) >= 11 is 0. The first-order valence-corrected chi connectivity index (χ1v) is 15.0. The van der Waals surface area contributed by atoms with Crippen LogP contribution in [0.4, 0.5) is 0 Å². The maximum Gasteiger partial charge on any atom is 0.496 e. The molecule has 1 fully saturated rings. The Labute approximate surface area is 192 Å². The molecule has 4 rings (SSSR count). The number of ether oxygens (including phenoxy) is 1. The van der Waals surface area contributed by atoms with Gasteiger partial charge in [0, 0.05) is 37.3 Å². The van der Waals surface area contributed by atoms with Crippen LogP contribution >= 0.6 is 0 Å². The van der Waals surface area contributed by atoms with E-state index >= 15 is 0 Å². The molecule has 0 atom stereocenters. The fourth-order valence-corrected chi connectivity index (χ4v) is 4.37. The van der Waals surface area contributed by atoms with Crippen molar-refractivity contribution in [3.63, 3.8) is 0 Å². The third-order valence-corrected chi connectivity index (χ3v) is 8.09. The van der Waals surface area contributed by atoms with Crippen LogP contribution in [-0.4, -0.2) is 47.8 Å². The average molecular weight is 451 g/mol. The van der Waals surface area contributed by atoms with Gasteiger partial charge in [0.05, 0.1) is 11.2 Å². The highest BCUT2D eigenvalue weighted by atomic mass is 28.3. The van der Waals surface area contributed by atoms with E-state index in [1.807, 2.05) is 29.1 Å². The fourth-order valence-electron chi connectivity index (χ4n) is 3.61. The first-order chi connectivity index (χ1) is 15.0. The molecule has 0 saturated carbocycles. The van der Waals surface area contributed by atoms with Crippen LogP contribution in [-0.2, 0) is 20.8 Å². The zero-order valence-electron chi connectivity index (χ0n) is 20.3. The number of nitrogens with zero attached hydrogens (tertiary/aromatic N) is 3.